The number of amides is 3. The van der Waals surface area contributed by atoms with Crippen LogP contribution in [0.1, 0.15) is 37.5 Å². The summed E-state index contributed by atoms with van der Waals surface area (Å²) in [7, 11) is 1.49. The maximum Gasteiger partial charge on any atom is 0.343 e. The van der Waals surface area contributed by atoms with Crippen molar-refractivity contribution in [1.29, 1.82) is 0 Å². The summed E-state index contributed by atoms with van der Waals surface area (Å²) in [6, 6.07) is 18.3. The predicted molar refractivity (Wildman–Crippen MR) is 151 cm³/mol. The van der Waals surface area contributed by atoms with E-state index < -0.39 is 47.9 Å². The Hall–Kier alpha value is -4.76. The molecular weight excluding hydrogens is 560 g/mol. The number of hydrogen-bond donors (Lipinski definition) is 0. The second-order valence-corrected chi connectivity index (χ2v) is 10.9. The van der Waals surface area contributed by atoms with Gasteiger partial charge >= 0.3 is 5.97 Å². The van der Waals surface area contributed by atoms with E-state index in [-0.39, 0.29) is 28.7 Å². The highest BCUT2D eigenvalue weighted by molar-refractivity contribution is 6.30. The van der Waals surface area contributed by atoms with Gasteiger partial charge in [0.25, 0.3) is 17.7 Å². The van der Waals surface area contributed by atoms with Crippen LogP contribution < -0.4 is 9.47 Å². The Balaban J connectivity index is 1.22. The molecule has 2 aliphatic carbocycles. The van der Waals surface area contributed by atoms with Crippen molar-refractivity contribution in [2.75, 3.05) is 13.7 Å². The number of allylic oxidation sites excluding steroid dienone is 2. The van der Waals surface area contributed by atoms with Crippen molar-refractivity contribution in [1.82, 2.24) is 10.0 Å². The minimum Gasteiger partial charge on any atom is -0.497 e. The Kier molecular flexibility index (Phi) is 7.12. The first-order valence-electron chi connectivity index (χ1n) is 13.4. The van der Waals surface area contributed by atoms with E-state index in [1.807, 2.05) is 12.2 Å². The molecule has 2 bridgehead atoms. The van der Waals surface area contributed by atoms with Crippen molar-refractivity contribution in [2.45, 2.75) is 6.42 Å². The van der Waals surface area contributed by atoms with Crippen LogP contribution in [0.4, 0.5) is 0 Å². The molecule has 10 heteroatoms. The van der Waals surface area contributed by atoms with Gasteiger partial charge in [0.05, 0.1) is 24.5 Å². The lowest BCUT2D eigenvalue weighted by Crippen LogP contribution is -2.52. The second-order valence-electron chi connectivity index (χ2n) is 10.4. The SMILES string of the molecule is COc1cccc(C(=O)Oc2ccc(C(=O)CN(C(=O)c3ccc(Cl)cc3)N3C(=O)[C@@H]4[C@@H](C3=O)[C@H]3C=C[C@H]4C3)cc2)c1. The Morgan fingerprint density at radius 1 is 0.833 bits per heavy atom. The Morgan fingerprint density at radius 2 is 1.45 bits per heavy atom. The topological polar surface area (TPSA) is 110 Å². The van der Waals surface area contributed by atoms with E-state index in [2.05, 4.69) is 0 Å². The molecule has 212 valence electrons. The van der Waals surface area contributed by atoms with Gasteiger partial charge in [-0.25, -0.2) is 9.80 Å². The summed E-state index contributed by atoms with van der Waals surface area (Å²) in [4.78, 5) is 66.7. The number of fused-ring (bicyclic) bond motifs is 5. The van der Waals surface area contributed by atoms with Crippen LogP contribution in [0.3, 0.4) is 0 Å². The summed E-state index contributed by atoms with van der Waals surface area (Å²) in [5.74, 6) is -3.23. The van der Waals surface area contributed by atoms with E-state index in [4.69, 9.17) is 21.1 Å². The van der Waals surface area contributed by atoms with Gasteiger partial charge in [0.1, 0.15) is 18.0 Å². The Morgan fingerprint density at radius 3 is 2.07 bits per heavy atom. The summed E-state index contributed by atoms with van der Waals surface area (Å²) in [6.45, 7) is -0.552. The molecule has 0 N–H and O–H groups in total. The van der Waals surface area contributed by atoms with Crippen molar-refractivity contribution in [2.24, 2.45) is 23.7 Å². The van der Waals surface area contributed by atoms with Crippen LogP contribution >= 0.6 is 11.6 Å². The lowest BCUT2D eigenvalue weighted by molar-refractivity contribution is -0.154. The summed E-state index contributed by atoms with van der Waals surface area (Å²) < 4.78 is 10.6. The van der Waals surface area contributed by atoms with Crippen molar-refractivity contribution >= 4 is 41.1 Å². The summed E-state index contributed by atoms with van der Waals surface area (Å²) >= 11 is 5.99. The normalized spacial score (nSPS) is 21.8. The number of benzene rings is 3. The van der Waals surface area contributed by atoms with Crippen molar-refractivity contribution in [3.8, 4) is 11.5 Å². The molecule has 1 saturated heterocycles. The molecule has 0 unspecified atom stereocenters. The van der Waals surface area contributed by atoms with Crippen LogP contribution in [0.2, 0.25) is 5.02 Å². The zero-order valence-corrected chi connectivity index (χ0v) is 23.2. The Bertz CT molecular complexity index is 1600. The number of carbonyl (C=O) groups excluding carboxylic acids is 5. The maximum atomic E-state index is 13.7. The zero-order chi connectivity index (χ0) is 29.5. The van der Waals surface area contributed by atoms with Crippen LogP contribution in [0.25, 0.3) is 0 Å². The third-order valence-electron chi connectivity index (χ3n) is 8.00. The molecule has 3 aliphatic rings. The van der Waals surface area contributed by atoms with Crippen LogP contribution in [0, 0.1) is 23.7 Å². The highest BCUT2D eigenvalue weighted by Gasteiger charge is 2.61. The van der Waals surface area contributed by atoms with E-state index in [0.29, 0.717) is 16.3 Å². The van der Waals surface area contributed by atoms with Gasteiger partial charge in [-0.2, -0.15) is 5.01 Å². The average Bonchev–Trinajstić information content (AvgIpc) is 3.70. The number of methoxy groups -OCH3 is 1. The molecule has 1 saturated carbocycles. The van der Waals surface area contributed by atoms with Gasteiger partial charge in [-0.15, -0.1) is 0 Å². The van der Waals surface area contributed by atoms with Gasteiger partial charge in [-0.05, 0) is 85.0 Å². The third-order valence-corrected chi connectivity index (χ3v) is 8.25. The number of rotatable bonds is 8. The van der Waals surface area contributed by atoms with Crippen LogP contribution in [-0.2, 0) is 9.59 Å². The average molecular weight is 585 g/mol. The fourth-order valence-electron chi connectivity index (χ4n) is 5.95. The summed E-state index contributed by atoms with van der Waals surface area (Å²) in [6.07, 6.45) is 4.65. The number of Topliss-reactive ketones (excluding diaryl/α,β-unsaturated/α-hetero) is 1. The fraction of sp³-hybridized carbons (Fsp3) is 0.219. The molecule has 2 fully saturated rings. The quantitative estimate of drug-likeness (QED) is 0.125. The molecule has 0 spiro atoms. The minimum atomic E-state index is -0.675. The van der Waals surface area contributed by atoms with Crippen LogP contribution in [0.15, 0.2) is 84.9 Å². The summed E-state index contributed by atoms with van der Waals surface area (Å²) in [5.41, 5.74) is 0.663. The highest BCUT2D eigenvalue weighted by atomic mass is 35.5. The second kappa shape index (κ2) is 10.9. The van der Waals surface area contributed by atoms with Gasteiger partial charge in [0, 0.05) is 16.1 Å². The number of halogens is 1. The monoisotopic (exact) mass is 584 g/mol. The number of hydrazine groups is 1. The van der Waals surface area contributed by atoms with Crippen molar-refractivity contribution in [3.05, 3.63) is 107 Å². The standard InChI is InChI=1S/C32H25ClN2O7/c1-41-25-4-2-3-22(16-25)32(40)42-24-13-9-18(10-14-24)26(36)17-34(29(37)19-7-11-23(33)12-8-19)35-30(38)27-20-5-6-21(15-20)28(27)31(35)39/h2-14,16,20-21,27-28H,15,17H2,1H3/t20-,21-,27-,28-/m0/s1. The molecule has 3 aromatic rings. The van der Waals surface area contributed by atoms with Gasteiger partial charge < -0.3 is 9.47 Å². The maximum absolute atomic E-state index is 13.7. The first kappa shape index (κ1) is 27.4. The lowest BCUT2D eigenvalue weighted by Gasteiger charge is -2.30. The van der Waals surface area contributed by atoms with E-state index in [9.17, 15) is 24.0 Å². The van der Waals surface area contributed by atoms with Gasteiger partial charge in [-0.3, -0.25) is 19.2 Å². The molecule has 6 rings (SSSR count). The van der Waals surface area contributed by atoms with Crippen molar-refractivity contribution in [3.63, 3.8) is 0 Å². The molecule has 1 heterocycles. The smallest absolute Gasteiger partial charge is 0.343 e. The molecule has 3 aromatic carbocycles. The van der Waals surface area contributed by atoms with Crippen LogP contribution in [0.5, 0.6) is 11.5 Å². The first-order chi connectivity index (χ1) is 20.2. The van der Waals surface area contributed by atoms with Gasteiger partial charge in [0.15, 0.2) is 5.78 Å². The lowest BCUT2D eigenvalue weighted by atomic mass is 9.85. The largest absolute Gasteiger partial charge is 0.497 e. The number of nitrogens with zero attached hydrogens (tertiary/aromatic N) is 2. The number of carbonyl (C=O) groups is 5. The molecule has 9 nitrogen and oxygen atoms in total. The summed E-state index contributed by atoms with van der Waals surface area (Å²) in [5, 5.41) is 2.21. The molecular formula is C32H25ClN2O7. The minimum absolute atomic E-state index is 0.0585. The molecule has 42 heavy (non-hydrogen) atoms. The van der Waals surface area contributed by atoms with Gasteiger partial charge in [0.2, 0.25) is 0 Å². The number of esters is 1. The number of hydrogen-bond acceptors (Lipinski definition) is 7. The first-order valence-corrected chi connectivity index (χ1v) is 13.8. The van der Waals surface area contributed by atoms with E-state index in [1.54, 1.807) is 24.3 Å². The van der Waals surface area contributed by atoms with Gasteiger partial charge in [-0.1, -0.05) is 29.8 Å². The number of ether oxygens (including phenoxy) is 2. The van der Waals surface area contributed by atoms with Crippen molar-refractivity contribution < 1.29 is 33.4 Å². The number of ketones is 1. The van der Waals surface area contributed by atoms with E-state index >= 15 is 0 Å². The molecule has 0 aromatic heterocycles. The Labute approximate surface area is 246 Å². The van der Waals surface area contributed by atoms with Crippen LogP contribution in [-0.4, -0.2) is 53.1 Å². The molecule has 4 atom stereocenters. The third kappa shape index (κ3) is 4.86. The number of imide groups is 1. The molecule has 3 amide bonds. The van der Waals surface area contributed by atoms with E-state index in [0.717, 1.165) is 16.4 Å². The zero-order valence-electron chi connectivity index (χ0n) is 22.4. The fourth-order valence-corrected chi connectivity index (χ4v) is 6.08. The highest BCUT2D eigenvalue weighted by Crippen LogP contribution is 2.52. The molecule has 0 radical (unpaired) electrons. The predicted octanol–water partition coefficient (Wildman–Crippen LogP) is 4.62. The van der Waals surface area contributed by atoms with E-state index in [1.165, 1.54) is 55.6 Å². The molecule has 1 aliphatic heterocycles.